The first-order valence-corrected chi connectivity index (χ1v) is 6.87. The van der Waals surface area contributed by atoms with Gasteiger partial charge in [-0.25, -0.2) is 4.79 Å². The predicted molar refractivity (Wildman–Crippen MR) is 85.7 cm³/mol. The van der Waals surface area contributed by atoms with Crippen LogP contribution >= 0.6 is 12.4 Å². The number of rotatable bonds is 2. The monoisotopic (exact) mass is 328 g/mol. The van der Waals surface area contributed by atoms with Crippen molar-refractivity contribution < 1.29 is 18.4 Å². The van der Waals surface area contributed by atoms with E-state index in [4.69, 9.17) is 8.85 Å². The highest BCUT2D eigenvalue weighted by Crippen LogP contribution is 2.39. The molecule has 2 fully saturated rings. The number of likely N-dealkylation sites (N-methyl/N-ethyl adjacent to an activating group) is 1. The maximum atomic E-state index is 12.7. The first-order chi connectivity index (χ1) is 11.2. The number of anilines is 1. The summed E-state index contributed by atoms with van der Waals surface area (Å²) in [5.74, 6) is -0.0127. The number of carbonyl (C=O) groups is 2. The number of amides is 3. The summed E-state index contributed by atoms with van der Waals surface area (Å²) in [4.78, 5) is 27.9. The molecule has 0 radical (unpaired) electrons. The molecule has 2 aliphatic rings. The minimum atomic E-state index is -2.53. The number of piperidine rings is 1. The molecule has 2 heterocycles. The van der Waals surface area contributed by atoms with Crippen LogP contribution in [0.15, 0.2) is 24.3 Å². The second-order valence-electron chi connectivity index (χ2n) is 5.36. The molecule has 6 nitrogen and oxygen atoms in total. The number of methoxy groups -OCH3 is 1. The Morgan fingerprint density at radius 3 is 2.45 bits per heavy atom. The molecule has 22 heavy (non-hydrogen) atoms. The maximum Gasteiger partial charge on any atom is 0.331 e. The first-order valence-electron chi connectivity index (χ1n) is 8.37. The standard InChI is InChI=1S/C15H19N3O3.ClH/c1-17-13(19)15(7-9-16-10-8-15)18(14(17)20)11-3-5-12(21-2)6-4-11;/h3-6,16H,7-10H2,1-2H3;1H/i2D3;. The quantitative estimate of drug-likeness (QED) is 0.838. The van der Waals surface area contributed by atoms with Crippen LogP contribution in [-0.2, 0) is 4.79 Å². The highest BCUT2D eigenvalue weighted by Gasteiger charge is 2.56. The first kappa shape index (κ1) is 12.7. The Morgan fingerprint density at radius 1 is 1.23 bits per heavy atom. The lowest BCUT2D eigenvalue weighted by molar-refractivity contribution is -0.130. The van der Waals surface area contributed by atoms with Crippen molar-refractivity contribution in [1.82, 2.24) is 10.2 Å². The predicted octanol–water partition coefficient (Wildman–Crippen LogP) is 1.64. The molecular weight excluding hydrogens is 306 g/mol. The van der Waals surface area contributed by atoms with Crippen molar-refractivity contribution in [2.45, 2.75) is 18.4 Å². The minimum absolute atomic E-state index is 0. The van der Waals surface area contributed by atoms with Crippen LogP contribution in [0.4, 0.5) is 10.5 Å². The number of carbonyl (C=O) groups excluding carboxylic acids is 2. The molecule has 1 N–H and O–H groups in total. The molecule has 3 rings (SSSR count). The topological polar surface area (TPSA) is 61.9 Å². The molecule has 0 aromatic heterocycles. The molecule has 1 spiro atoms. The molecule has 1 aromatic carbocycles. The molecule has 2 saturated heterocycles. The molecule has 1 aromatic rings. The number of hydrogen-bond acceptors (Lipinski definition) is 4. The minimum Gasteiger partial charge on any atom is -0.497 e. The van der Waals surface area contributed by atoms with Crippen molar-refractivity contribution in [3.63, 3.8) is 0 Å². The molecular formula is C15H20ClN3O3. The van der Waals surface area contributed by atoms with Crippen molar-refractivity contribution in [2.75, 3.05) is 32.1 Å². The third-order valence-corrected chi connectivity index (χ3v) is 4.25. The SMILES string of the molecule is Cl.[2H]C([2H])([2H])Oc1ccc(N2C(=O)N(C)C(=O)C23CCNCC3)cc1. The number of ether oxygens (including phenoxy) is 1. The highest BCUT2D eigenvalue weighted by atomic mass is 35.5. The average Bonchev–Trinajstić information content (AvgIpc) is 2.70. The molecule has 0 atom stereocenters. The van der Waals surface area contributed by atoms with Gasteiger partial charge in [-0.15, -0.1) is 12.4 Å². The second kappa shape index (κ2) is 6.14. The fourth-order valence-corrected chi connectivity index (χ4v) is 3.13. The summed E-state index contributed by atoms with van der Waals surface area (Å²) in [5.41, 5.74) is -0.318. The highest BCUT2D eigenvalue weighted by molar-refractivity contribution is 6.16. The van der Waals surface area contributed by atoms with Gasteiger partial charge < -0.3 is 10.1 Å². The van der Waals surface area contributed by atoms with Gasteiger partial charge in [0.05, 0.1) is 11.2 Å². The Labute approximate surface area is 140 Å². The smallest absolute Gasteiger partial charge is 0.331 e. The Hall–Kier alpha value is -1.79. The molecule has 120 valence electrons. The lowest BCUT2D eigenvalue weighted by atomic mass is 9.86. The van der Waals surface area contributed by atoms with E-state index >= 15 is 0 Å². The summed E-state index contributed by atoms with van der Waals surface area (Å²) in [6, 6.07) is 5.83. The van der Waals surface area contributed by atoms with E-state index < -0.39 is 12.6 Å². The van der Waals surface area contributed by atoms with Gasteiger partial charge in [0.1, 0.15) is 11.3 Å². The average molecular weight is 329 g/mol. The van der Waals surface area contributed by atoms with Gasteiger partial charge in [-0.1, -0.05) is 0 Å². The molecule has 3 amide bonds. The number of nitrogens with zero attached hydrogens (tertiary/aromatic N) is 2. The van der Waals surface area contributed by atoms with Crippen LogP contribution < -0.4 is 15.0 Å². The number of nitrogens with one attached hydrogen (secondary N) is 1. The largest absolute Gasteiger partial charge is 0.497 e. The van der Waals surface area contributed by atoms with Gasteiger partial charge in [-0.2, -0.15) is 0 Å². The number of urea groups is 1. The number of hydrogen-bond donors (Lipinski definition) is 1. The van der Waals surface area contributed by atoms with E-state index in [1.807, 2.05) is 0 Å². The van der Waals surface area contributed by atoms with Crippen molar-refractivity contribution in [3.05, 3.63) is 24.3 Å². The van der Waals surface area contributed by atoms with Crippen molar-refractivity contribution in [2.24, 2.45) is 0 Å². The van der Waals surface area contributed by atoms with Crippen LogP contribution in [0.3, 0.4) is 0 Å². The Kier molecular flexibility index (Phi) is 3.55. The van der Waals surface area contributed by atoms with Crippen LogP contribution in [0.25, 0.3) is 0 Å². The van der Waals surface area contributed by atoms with Crippen molar-refractivity contribution in [3.8, 4) is 5.75 Å². The van der Waals surface area contributed by atoms with E-state index in [-0.39, 0.29) is 30.1 Å². The van der Waals surface area contributed by atoms with E-state index in [1.54, 1.807) is 12.1 Å². The van der Waals surface area contributed by atoms with E-state index in [0.29, 0.717) is 31.6 Å². The Morgan fingerprint density at radius 2 is 1.86 bits per heavy atom. The number of imide groups is 1. The zero-order valence-electron chi connectivity index (χ0n) is 15.2. The van der Waals surface area contributed by atoms with E-state index in [1.165, 1.54) is 24.1 Å². The zero-order chi connectivity index (χ0) is 17.5. The van der Waals surface area contributed by atoms with Gasteiger partial charge in [0.15, 0.2) is 0 Å². The van der Waals surface area contributed by atoms with E-state index in [9.17, 15) is 9.59 Å². The van der Waals surface area contributed by atoms with Crippen LogP contribution in [0.2, 0.25) is 0 Å². The van der Waals surface area contributed by atoms with Crippen molar-refractivity contribution in [1.29, 1.82) is 0 Å². The maximum absolute atomic E-state index is 12.7. The fourth-order valence-electron chi connectivity index (χ4n) is 3.13. The van der Waals surface area contributed by atoms with Crippen LogP contribution in [0, 0.1) is 0 Å². The summed E-state index contributed by atoms with van der Waals surface area (Å²) in [6.07, 6.45) is 1.07. The molecule has 0 saturated carbocycles. The summed E-state index contributed by atoms with van der Waals surface area (Å²) in [7, 11) is -1.04. The second-order valence-corrected chi connectivity index (χ2v) is 5.36. The van der Waals surface area contributed by atoms with E-state index in [0.717, 1.165) is 4.90 Å². The van der Waals surface area contributed by atoms with Crippen molar-refractivity contribution >= 4 is 30.0 Å². The lowest BCUT2D eigenvalue weighted by Gasteiger charge is -2.38. The third-order valence-electron chi connectivity index (χ3n) is 4.25. The molecule has 0 bridgehead atoms. The van der Waals surface area contributed by atoms with Gasteiger partial charge in [-0.05, 0) is 50.2 Å². The Balaban J connectivity index is 0.00000225. The summed E-state index contributed by atoms with van der Waals surface area (Å²) in [5, 5.41) is 3.20. The fraction of sp³-hybridized carbons (Fsp3) is 0.467. The van der Waals surface area contributed by atoms with E-state index in [2.05, 4.69) is 5.32 Å². The summed E-state index contributed by atoms with van der Waals surface area (Å²) in [6.45, 7) is 1.31. The third kappa shape index (κ3) is 2.32. The number of benzene rings is 1. The van der Waals surface area contributed by atoms with Crippen LogP contribution in [0.1, 0.15) is 17.0 Å². The molecule has 2 aliphatic heterocycles. The molecule has 0 unspecified atom stereocenters. The van der Waals surface area contributed by atoms with Gasteiger partial charge in [0.25, 0.3) is 5.91 Å². The van der Waals surface area contributed by atoms with Gasteiger partial charge in [0.2, 0.25) is 0 Å². The molecule has 0 aliphatic carbocycles. The normalized spacial score (nSPS) is 22.9. The summed E-state index contributed by atoms with van der Waals surface area (Å²) < 4.78 is 26.2. The lowest BCUT2D eigenvalue weighted by Crippen LogP contribution is -2.56. The van der Waals surface area contributed by atoms with Gasteiger partial charge in [0, 0.05) is 12.7 Å². The number of halogens is 1. The van der Waals surface area contributed by atoms with Crippen LogP contribution in [0.5, 0.6) is 5.75 Å². The zero-order valence-corrected chi connectivity index (χ0v) is 13.0. The summed E-state index contributed by atoms with van der Waals surface area (Å²) >= 11 is 0. The van der Waals surface area contributed by atoms with Gasteiger partial charge >= 0.3 is 6.03 Å². The van der Waals surface area contributed by atoms with Gasteiger partial charge in [-0.3, -0.25) is 14.6 Å². The molecule has 7 heteroatoms. The Bertz CT molecular complexity index is 660. The van der Waals surface area contributed by atoms with Crippen LogP contribution in [-0.4, -0.2) is 49.6 Å².